The Morgan fingerprint density at radius 2 is 1.35 bits per heavy atom. The summed E-state index contributed by atoms with van der Waals surface area (Å²) in [6.07, 6.45) is -9.67. The molecular weight excluding hydrogens is 309 g/mol. The van der Waals surface area contributed by atoms with Crippen molar-refractivity contribution in [3.8, 4) is 0 Å². The molecule has 1 saturated heterocycles. The van der Waals surface area contributed by atoms with E-state index in [1.54, 1.807) is 0 Å². The molecule has 11 heteroatoms. The predicted molar refractivity (Wildman–Crippen MR) is 40.7 cm³/mol. The standard InChI is InChI=1S/C6H13O8P.2K/c7-3-2(1-15(11,12)13)14-6(10)5(9)4(3)8;;/h2-10H,1H2,(H2,11,12,13);;/q;2*+1/p-2/t2-,3-,4+,5-,6?;;/m1../s1. The summed E-state index contributed by atoms with van der Waals surface area (Å²) in [6.45, 7) is 0. The molecule has 5 atom stereocenters. The second-order valence-electron chi connectivity index (χ2n) is 3.33. The van der Waals surface area contributed by atoms with Crippen molar-refractivity contribution in [2.24, 2.45) is 0 Å². The molecule has 17 heavy (non-hydrogen) atoms. The Balaban J connectivity index is 0. The number of rotatable bonds is 2. The maximum Gasteiger partial charge on any atom is 1.00 e. The van der Waals surface area contributed by atoms with E-state index < -0.39 is 44.8 Å². The Morgan fingerprint density at radius 1 is 0.882 bits per heavy atom. The molecule has 1 heterocycles. The summed E-state index contributed by atoms with van der Waals surface area (Å²) >= 11 is 0. The van der Waals surface area contributed by atoms with E-state index in [1.165, 1.54) is 0 Å². The fraction of sp³-hybridized carbons (Fsp3) is 1.00. The zero-order valence-electron chi connectivity index (χ0n) is 9.46. The van der Waals surface area contributed by atoms with Gasteiger partial charge in [0.2, 0.25) is 0 Å². The van der Waals surface area contributed by atoms with Crippen LogP contribution in [0.5, 0.6) is 0 Å². The fourth-order valence-electron chi connectivity index (χ4n) is 1.30. The van der Waals surface area contributed by atoms with Crippen LogP contribution in [0, 0.1) is 0 Å². The summed E-state index contributed by atoms with van der Waals surface area (Å²) in [5, 5.41) is 36.4. The van der Waals surface area contributed by atoms with E-state index in [4.69, 9.17) is 15.3 Å². The molecule has 90 valence electrons. The maximum absolute atomic E-state index is 10.4. The summed E-state index contributed by atoms with van der Waals surface area (Å²) in [6, 6.07) is 0. The fourth-order valence-corrected chi connectivity index (χ4v) is 2.04. The van der Waals surface area contributed by atoms with Gasteiger partial charge in [-0.15, -0.1) is 0 Å². The van der Waals surface area contributed by atoms with Crippen LogP contribution in [0.2, 0.25) is 0 Å². The van der Waals surface area contributed by atoms with Gasteiger partial charge < -0.3 is 39.8 Å². The summed E-state index contributed by atoms with van der Waals surface area (Å²) in [5.41, 5.74) is 0. The SMILES string of the molecule is [K+].[K+].[O-][P+]([O-])([O-])C[C@H]1OC(O)[C@H](O)[C@@H](O)[C@@H]1O. The molecule has 0 spiro atoms. The van der Waals surface area contributed by atoms with E-state index in [0.717, 1.165) is 0 Å². The average molecular weight is 320 g/mol. The molecular formula is C6H11K2O8P. The Hall–Kier alpha value is 3.38. The number of hydrogen-bond donors (Lipinski definition) is 4. The van der Waals surface area contributed by atoms with Gasteiger partial charge in [0, 0.05) is 0 Å². The second kappa shape index (κ2) is 9.41. The maximum atomic E-state index is 10.4. The summed E-state index contributed by atoms with van der Waals surface area (Å²) < 4.78 is 4.48. The molecule has 0 aromatic heterocycles. The van der Waals surface area contributed by atoms with Crippen molar-refractivity contribution < 1.29 is 143 Å². The molecule has 1 rings (SSSR count). The van der Waals surface area contributed by atoms with E-state index in [1.807, 2.05) is 0 Å². The quantitative estimate of drug-likeness (QED) is 0.288. The molecule has 1 aliphatic heterocycles. The van der Waals surface area contributed by atoms with Crippen LogP contribution >= 0.6 is 7.94 Å². The number of hydrogen-bond acceptors (Lipinski definition) is 8. The van der Waals surface area contributed by atoms with Crippen molar-refractivity contribution in [3.05, 3.63) is 0 Å². The molecule has 8 nitrogen and oxygen atoms in total. The molecule has 0 aromatic rings. The van der Waals surface area contributed by atoms with Crippen LogP contribution in [0.4, 0.5) is 0 Å². The molecule has 0 aliphatic carbocycles. The number of aliphatic hydroxyl groups excluding tert-OH is 4. The van der Waals surface area contributed by atoms with Crippen LogP contribution in [-0.2, 0) is 4.74 Å². The van der Waals surface area contributed by atoms with Crippen molar-refractivity contribution in [1.82, 2.24) is 0 Å². The third-order valence-corrected chi connectivity index (χ3v) is 2.90. The van der Waals surface area contributed by atoms with Crippen molar-refractivity contribution in [2.45, 2.75) is 30.7 Å². The Kier molecular flexibility index (Phi) is 12.5. The zero-order chi connectivity index (χ0) is 11.8. The van der Waals surface area contributed by atoms with Gasteiger partial charge in [-0.1, -0.05) is 0 Å². The molecule has 4 N–H and O–H groups in total. The van der Waals surface area contributed by atoms with Crippen molar-refractivity contribution in [3.63, 3.8) is 0 Å². The number of aliphatic hydroxyl groups is 4. The summed E-state index contributed by atoms with van der Waals surface area (Å²) in [5.74, 6) is 0. The van der Waals surface area contributed by atoms with Crippen LogP contribution in [0.15, 0.2) is 0 Å². The molecule has 0 radical (unpaired) electrons. The van der Waals surface area contributed by atoms with Gasteiger partial charge in [-0.2, -0.15) is 7.94 Å². The van der Waals surface area contributed by atoms with Crippen LogP contribution in [0.3, 0.4) is 0 Å². The first-order chi connectivity index (χ1) is 6.72. The van der Waals surface area contributed by atoms with Crippen molar-refractivity contribution in [1.29, 1.82) is 0 Å². The molecule has 0 bridgehead atoms. The summed E-state index contributed by atoms with van der Waals surface area (Å²) in [7, 11) is -4.93. The van der Waals surface area contributed by atoms with E-state index in [9.17, 15) is 19.8 Å². The van der Waals surface area contributed by atoms with Crippen LogP contribution in [0.25, 0.3) is 0 Å². The van der Waals surface area contributed by atoms with E-state index in [-0.39, 0.29) is 103 Å². The van der Waals surface area contributed by atoms with Gasteiger partial charge in [0.1, 0.15) is 24.4 Å². The van der Waals surface area contributed by atoms with Crippen molar-refractivity contribution >= 4 is 7.94 Å². The molecule has 1 unspecified atom stereocenters. The normalized spacial score (nSPS) is 37.9. The first kappa shape index (κ1) is 22.7. The van der Waals surface area contributed by atoms with Crippen molar-refractivity contribution in [2.75, 3.05) is 6.16 Å². The first-order valence-electron chi connectivity index (χ1n) is 4.11. The zero-order valence-corrected chi connectivity index (χ0v) is 16.6. The molecule has 0 amide bonds. The second-order valence-corrected chi connectivity index (χ2v) is 4.92. The smallest absolute Gasteiger partial charge is 0.688 e. The Bertz CT molecular complexity index is 227. The van der Waals surface area contributed by atoms with Crippen LogP contribution < -0.4 is 117 Å². The monoisotopic (exact) mass is 320 g/mol. The van der Waals surface area contributed by atoms with Gasteiger partial charge in [-0.25, -0.2) is 0 Å². The minimum Gasteiger partial charge on any atom is -0.688 e. The van der Waals surface area contributed by atoms with E-state index >= 15 is 0 Å². The van der Waals surface area contributed by atoms with Gasteiger partial charge in [0.15, 0.2) is 6.29 Å². The molecule has 0 aromatic carbocycles. The first-order valence-corrected chi connectivity index (χ1v) is 5.84. The van der Waals surface area contributed by atoms with Gasteiger partial charge >= 0.3 is 103 Å². The number of ether oxygens (including phenoxy) is 1. The van der Waals surface area contributed by atoms with Gasteiger partial charge in [-0.3, -0.25) is 0 Å². The van der Waals surface area contributed by atoms with Crippen LogP contribution in [0.1, 0.15) is 0 Å². The minimum absolute atomic E-state index is 0. The minimum atomic E-state index is -4.93. The Morgan fingerprint density at radius 3 is 1.76 bits per heavy atom. The van der Waals surface area contributed by atoms with Gasteiger partial charge in [0.25, 0.3) is 0 Å². The molecule has 1 aliphatic rings. The predicted octanol–water partition coefficient (Wildman–Crippen LogP) is -11.4. The summed E-state index contributed by atoms with van der Waals surface area (Å²) in [4.78, 5) is 31.2. The van der Waals surface area contributed by atoms with E-state index in [0.29, 0.717) is 0 Å². The third kappa shape index (κ3) is 7.27. The molecule has 1 fully saturated rings. The third-order valence-electron chi connectivity index (χ3n) is 2.09. The molecule has 0 saturated carbocycles. The Labute approximate surface area is 183 Å². The van der Waals surface area contributed by atoms with Crippen LogP contribution in [-0.4, -0.2) is 57.3 Å². The van der Waals surface area contributed by atoms with Gasteiger partial charge in [0.05, 0.1) is 6.16 Å². The topological polar surface area (TPSA) is 159 Å². The van der Waals surface area contributed by atoms with E-state index in [2.05, 4.69) is 4.74 Å². The average Bonchev–Trinajstić information content (AvgIpc) is 2.08. The largest absolute Gasteiger partial charge is 1.00 e. The van der Waals surface area contributed by atoms with Gasteiger partial charge in [-0.05, 0) is 0 Å².